The van der Waals surface area contributed by atoms with Crippen LogP contribution in [-0.2, 0) is 18.4 Å². The van der Waals surface area contributed by atoms with Crippen molar-refractivity contribution in [3.8, 4) is 17.1 Å². The molecule has 0 aliphatic rings. The molecule has 2 aromatic carbocycles. The molecule has 8 heteroatoms. The minimum absolute atomic E-state index is 0.116. The van der Waals surface area contributed by atoms with Gasteiger partial charge < -0.3 is 14.2 Å². The number of carbonyl (C=O) groups excluding carboxylic acids is 1. The summed E-state index contributed by atoms with van der Waals surface area (Å²) in [5.41, 5.74) is 1.32. The van der Waals surface area contributed by atoms with E-state index in [0.29, 0.717) is 22.3 Å². The Morgan fingerprint density at radius 1 is 1.18 bits per heavy atom. The molecule has 0 unspecified atom stereocenters. The van der Waals surface area contributed by atoms with Crippen molar-refractivity contribution >= 4 is 17.7 Å². The van der Waals surface area contributed by atoms with Crippen LogP contribution in [0.3, 0.4) is 0 Å². The lowest BCUT2D eigenvalue weighted by molar-refractivity contribution is -0.127. The molecule has 0 aliphatic heterocycles. The molecule has 6 nitrogen and oxygen atoms in total. The number of amides is 1. The largest absolute Gasteiger partial charge is 0.496 e. The second-order valence-electron chi connectivity index (χ2n) is 6.20. The summed E-state index contributed by atoms with van der Waals surface area (Å²) >= 11 is 1.29. The maximum Gasteiger partial charge on any atom is 0.233 e. The van der Waals surface area contributed by atoms with E-state index in [1.54, 1.807) is 32.4 Å². The number of benzene rings is 2. The average Bonchev–Trinajstić information content (AvgIpc) is 3.08. The molecular formula is C20H21FN4O2S. The van der Waals surface area contributed by atoms with Crippen molar-refractivity contribution in [1.29, 1.82) is 0 Å². The minimum Gasteiger partial charge on any atom is -0.496 e. The van der Waals surface area contributed by atoms with Crippen LogP contribution in [0.25, 0.3) is 11.4 Å². The van der Waals surface area contributed by atoms with E-state index in [0.717, 1.165) is 5.56 Å². The molecular weight excluding hydrogens is 379 g/mol. The molecule has 0 radical (unpaired) electrons. The molecule has 0 fully saturated rings. The van der Waals surface area contributed by atoms with E-state index in [2.05, 4.69) is 10.2 Å². The molecule has 0 atom stereocenters. The van der Waals surface area contributed by atoms with Gasteiger partial charge in [-0.15, -0.1) is 10.2 Å². The smallest absolute Gasteiger partial charge is 0.233 e. The lowest BCUT2D eigenvalue weighted by Crippen LogP contribution is -2.28. The van der Waals surface area contributed by atoms with Gasteiger partial charge in [0.2, 0.25) is 5.91 Å². The van der Waals surface area contributed by atoms with Crippen LogP contribution < -0.4 is 4.74 Å². The highest BCUT2D eigenvalue weighted by Gasteiger charge is 2.17. The minimum atomic E-state index is -0.315. The average molecular weight is 400 g/mol. The molecule has 0 aliphatic carbocycles. The monoisotopic (exact) mass is 400 g/mol. The zero-order valence-corrected chi connectivity index (χ0v) is 16.7. The van der Waals surface area contributed by atoms with Gasteiger partial charge in [0.05, 0.1) is 18.4 Å². The Labute approximate surface area is 167 Å². The van der Waals surface area contributed by atoms with E-state index < -0.39 is 0 Å². The fourth-order valence-corrected chi connectivity index (χ4v) is 3.56. The number of rotatable bonds is 7. The topological polar surface area (TPSA) is 60.3 Å². The second-order valence-corrected chi connectivity index (χ2v) is 7.14. The predicted octanol–water partition coefficient (Wildman–Crippen LogP) is 3.38. The summed E-state index contributed by atoms with van der Waals surface area (Å²) in [5, 5.41) is 9.04. The summed E-state index contributed by atoms with van der Waals surface area (Å²) < 4.78 is 21.0. The molecule has 28 heavy (non-hydrogen) atoms. The first kappa shape index (κ1) is 19.9. The van der Waals surface area contributed by atoms with Crippen molar-refractivity contribution in [2.75, 3.05) is 19.9 Å². The third kappa shape index (κ3) is 4.33. The summed E-state index contributed by atoms with van der Waals surface area (Å²) in [5.74, 6) is 1.12. The van der Waals surface area contributed by atoms with Gasteiger partial charge in [0, 0.05) is 26.2 Å². The van der Waals surface area contributed by atoms with Gasteiger partial charge in [-0.2, -0.15) is 0 Å². The quantitative estimate of drug-likeness (QED) is 0.569. The van der Waals surface area contributed by atoms with Crippen LogP contribution in [0.15, 0.2) is 53.7 Å². The van der Waals surface area contributed by atoms with E-state index in [-0.39, 0.29) is 24.0 Å². The van der Waals surface area contributed by atoms with E-state index in [4.69, 9.17) is 4.74 Å². The van der Waals surface area contributed by atoms with Crippen LogP contribution in [-0.4, -0.2) is 45.5 Å². The van der Waals surface area contributed by atoms with E-state index >= 15 is 0 Å². The first-order valence-electron chi connectivity index (χ1n) is 8.64. The van der Waals surface area contributed by atoms with Gasteiger partial charge in [-0.1, -0.05) is 42.1 Å². The number of thioether (sulfide) groups is 1. The third-order valence-electron chi connectivity index (χ3n) is 4.30. The summed E-state index contributed by atoms with van der Waals surface area (Å²) in [6, 6.07) is 14.0. The highest BCUT2D eigenvalue weighted by atomic mass is 32.2. The highest BCUT2D eigenvalue weighted by Crippen LogP contribution is 2.30. The number of carbonyl (C=O) groups is 1. The summed E-state index contributed by atoms with van der Waals surface area (Å²) in [6.07, 6.45) is 0. The highest BCUT2D eigenvalue weighted by molar-refractivity contribution is 7.99. The second kappa shape index (κ2) is 8.88. The number of para-hydroxylation sites is 1. The molecule has 1 heterocycles. The lowest BCUT2D eigenvalue weighted by Gasteiger charge is -2.17. The Hall–Kier alpha value is -2.87. The fraction of sp³-hybridized carbons (Fsp3) is 0.250. The van der Waals surface area contributed by atoms with Gasteiger partial charge in [0.25, 0.3) is 0 Å². The van der Waals surface area contributed by atoms with E-state index in [9.17, 15) is 9.18 Å². The SMILES string of the molecule is COc1ccccc1-c1nnc(SCC(=O)N(C)Cc2ccccc2F)n1C. The van der Waals surface area contributed by atoms with Gasteiger partial charge in [0.15, 0.2) is 11.0 Å². The molecule has 3 aromatic rings. The van der Waals surface area contributed by atoms with Gasteiger partial charge in [-0.05, 0) is 18.2 Å². The molecule has 1 aromatic heterocycles. The molecule has 1 amide bonds. The number of hydrogen-bond donors (Lipinski definition) is 0. The molecule has 146 valence electrons. The first-order valence-corrected chi connectivity index (χ1v) is 9.62. The number of aromatic nitrogens is 3. The Morgan fingerprint density at radius 2 is 1.89 bits per heavy atom. The number of nitrogens with zero attached hydrogens (tertiary/aromatic N) is 4. The van der Waals surface area contributed by atoms with Crippen LogP contribution in [0.2, 0.25) is 0 Å². The number of halogens is 1. The number of ether oxygens (including phenoxy) is 1. The van der Waals surface area contributed by atoms with Crippen LogP contribution in [0.5, 0.6) is 5.75 Å². The van der Waals surface area contributed by atoms with Crippen molar-refractivity contribution in [2.45, 2.75) is 11.7 Å². The van der Waals surface area contributed by atoms with Crippen molar-refractivity contribution < 1.29 is 13.9 Å². The van der Waals surface area contributed by atoms with Gasteiger partial charge in [-0.25, -0.2) is 4.39 Å². The maximum absolute atomic E-state index is 13.8. The zero-order chi connectivity index (χ0) is 20.1. The first-order chi connectivity index (χ1) is 13.5. The number of hydrogen-bond acceptors (Lipinski definition) is 5. The zero-order valence-electron chi connectivity index (χ0n) is 15.9. The van der Waals surface area contributed by atoms with Gasteiger partial charge >= 0.3 is 0 Å². The van der Waals surface area contributed by atoms with Crippen molar-refractivity contribution in [3.05, 3.63) is 59.9 Å². The van der Waals surface area contributed by atoms with Crippen LogP contribution in [0, 0.1) is 5.82 Å². The summed E-state index contributed by atoms with van der Waals surface area (Å²) in [7, 11) is 5.11. The van der Waals surface area contributed by atoms with Crippen LogP contribution in [0.1, 0.15) is 5.56 Å². The normalized spacial score (nSPS) is 10.7. The molecule has 0 N–H and O–H groups in total. The predicted molar refractivity (Wildman–Crippen MR) is 107 cm³/mol. The Kier molecular flexibility index (Phi) is 6.30. The Morgan fingerprint density at radius 3 is 2.64 bits per heavy atom. The van der Waals surface area contributed by atoms with Crippen molar-refractivity contribution in [3.63, 3.8) is 0 Å². The number of methoxy groups -OCH3 is 1. The van der Waals surface area contributed by atoms with E-state index in [1.807, 2.05) is 35.9 Å². The fourth-order valence-electron chi connectivity index (χ4n) is 2.71. The van der Waals surface area contributed by atoms with Crippen LogP contribution >= 0.6 is 11.8 Å². The van der Waals surface area contributed by atoms with Crippen molar-refractivity contribution in [1.82, 2.24) is 19.7 Å². The molecule has 0 saturated heterocycles. The Bertz CT molecular complexity index is 976. The molecule has 0 spiro atoms. The van der Waals surface area contributed by atoms with E-state index in [1.165, 1.54) is 22.7 Å². The summed E-state index contributed by atoms with van der Waals surface area (Å²) in [4.78, 5) is 13.9. The van der Waals surface area contributed by atoms with Crippen molar-refractivity contribution in [2.24, 2.45) is 7.05 Å². The molecule has 0 bridgehead atoms. The third-order valence-corrected chi connectivity index (χ3v) is 5.30. The standard InChI is InChI=1S/C20H21FN4O2S/c1-24(12-14-8-4-6-10-16(14)21)18(26)13-28-20-23-22-19(25(20)2)15-9-5-7-11-17(15)27-3/h4-11H,12-13H2,1-3H3. The molecule has 3 rings (SSSR count). The molecule has 0 saturated carbocycles. The van der Waals surface area contributed by atoms with Gasteiger partial charge in [0.1, 0.15) is 11.6 Å². The van der Waals surface area contributed by atoms with Gasteiger partial charge in [-0.3, -0.25) is 4.79 Å². The summed E-state index contributed by atoms with van der Waals surface area (Å²) in [6.45, 7) is 0.220. The Balaban J connectivity index is 1.66. The maximum atomic E-state index is 13.8. The lowest BCUT2D eigenvalue weighted by atomic mass is 10.2. The van der Waals surface area contributed by atoms with Crippen LogP contribution in [0.4, 0.5) is 4.39 Å².